The second kappa shape index (κ2) is 4.26. The molecule has 0 aliphatic heterocycles. The first-order valence-corrected chi connectivity index (χ1v) is 5.78. The van der Waals surface area contributed by atoms with Crippen LogP contribution in [0.5, 0.6) is 5.75 Å². The fourth-order valence-electron chi connectivity index (χ4n) is 1.94. The van der Waals surface area contributed by atoms with Crippen molar-refractivity contribution < 1.29 is 18.3 Å². The number of rotatable bonds is 1. The number of fused-ring (bicyclic) bond motifs is 1. The molecule has 0 bridgehead atoms. The molecule has 0 aliphatic rings. The molecule has 6 heteroatoms. The normalized spacial score (nSPS) is 11.9. The van der Waals surface area contributed by atoms with Gasteiger partial charge in [0.15, 0.2) is 5.75 Å². The quantitative estimate of drug-likeness (QED) is 0.704. The Morgan fingerprint density at radius 2 is 1.70 bits per heavy atom. The van der Waals surface area contributed by atoms with E-state index in [0.717, 1.165) is 12.1 Å². The smallest absolute Gasteiger partial charge is 0.338 e. The zero-order chi connectivity index (χ0) is 14.3. The Bertz CT molecular complexity index is 760. The number of hydrogen-bond donors (Lipinski definition) is 1. The number of hydrogen-bond acceptors (Lipinski definition) is 1. The fraction of sp³-hybridized carbons (Fsp3) is 0.0714. The zero-order valence-corrected chi connectivity index (χ0v) is 10.0. The first kappa shape index (κ1) is 12.5. The first-order valence-electron chi connectivity index (χ1n) is 5.78. The van der Waals surface area contributed by atoms with Gasteiger partial charge in [0.1, 0.15) is 5.82 Å². The predicted octanol–water partition coefficient (Wildman–Crippen LogP) is 4.39. The van der Waals surface area contributed by atoms with Crippen molar-refractivity contribution in [3.8, 4) is 17.1 Å². The molecule has 0 aliphatic carbocycles. The summed E-state index contributed by atoms with van der Waals surface area (Å²) in [5.74, 6) is 0.266. The molecule has 1 N–H and O–H groups in total. The summed E-state index contributed by atoms with van der Waals surface area (Å²) in [5, 5.41) is 11.2. The highest BCUT2D eigenvalue weighted by atomic mass is 19.4. The highest BCUT2D eigenvalue weighted by Crippen LogP contribution is 2.31. The summed E-state index contributed by atoms with van der Waals surface area (Å²) in [7, 11) is 0. The zero-order valence-electron chi connectivity index (χ0n) is 10.0. The molecule has 3 rings (SSSR count). The number of aromatic nitrogens is 2. The predicted molar refractivity (Wildman–Crippen MR) is 66.7 cm³/mol. The molecule has 3 nitrogen and oxygen atoms in total. The van der Waals surface area contributed by atoms with Crippen LogP contribution in [0, 0.1) is 0 Å². The van der Waals surface area contributed by atoms with E-state index in [0.29, 0.717) is 22.4 Å². The topological polar surface area (TPSA) is 48.6 Å². The minimum absolute atomic E-state index is 0.164. The molecular weight excluding hydrogens is 269 g/mol. The van der Waals surface area contributed by atoms with Gasteiger partial charge in [-0.1, -0.05) is 12.1 Å². The number of nitrogens with one attached hydrogen (secondary N) is 1. The van der Waals surface area contributed by atoms with Crippen LogP contribution in [0.3, 0.4) is 0 Å². The van der Waals surface area contributed by atoms with Crippen LogP contribution in [0.2, 0.25) is 0 Å². The van der Waals surface area contributed by atoms with Crippen LogP contribution in [0.15, 0.2) is 42.5 Å². The fourth-order valence-corrected chi connectivity index (χ4v) is 1.94. The Hall–Kier alpha value is -2.50. The summed E-state index contributed by atoms with van der Waals surface area (Å²) in [6.07, 6.45) is -4.36. The Balaban J connectivity index is 2.02. The van der Waals surface area contributed by atoms with Gasteiger partial charge >= 0.3 is 6.18 Å². The number of H-pyrrole nitrogens is 1. The molecule has 0 fully saturated rings. The van der Waals surface area contributed by atoms with Crippen molar-refractivity contribution in [1.82, 2.24) is 9.97 Å². The average molecular weight is 277 g/mol. The molecule has 101 valence electrons. The first-order chi connectivity index (χ1) is 9.43. The van der Waals surface area contributed by atoms with Crippen LogP contribution in [-0.4, -0.2) is 9.97 Å². The molecule has 0 spiro atoms. The van der Waals surface area contributed by atoms with Crippen LogP contribution >= 0.6 is 0 Å². The van der Waals surface area contributed by atoms with E-state index in [9.17, 15) is 18.3 Å². The highest BCUT2D eigenvalue weighted by Gasteiger charge is 2.30. The van der Waals surface area contributed by atoms with E-state index in [1.807, 2.05) is 0 Å². The maximum atomic E-state index is 12.5. The van der Waals surface area contributed by atoms with E-state index in [1.54, 1.807) is 6.07 Å². The molecule has 0 atom stereocenters. The largest absolute Gasteiger partial charge is 0.416 e. The van der Waals surface area contributed by atoms with Crippen molar-refractivity contribution in [2.75, 3.05) is 0 Å². The Morgan fingerprint density at radius 1 is 1.00 bits per heavy atom. The molecule has 1 heterocycles. The second-order valence-corrected chi connectivity index (χ2v) is 4.34. The standard InChI is InChI=1S/C14H8F3N2O/c15-14(16,17)9-3-1-8(2-4-9)13-18-11-6-5-10(20)7-12(11)19-13/h1-7H,(H,18,19). The van der Waals surface area contributed by atoms with Crippen LogP contribution in [-0.2, 0) is 11.3 Å². The van der Waals surface area contributed by atoms with E-state index in [2.05, 4.69) is 9.97 Å². The minimum Gasteiger partial charge on any atom is -0.338 e. The average Bonchev–Trinajstić information content (AvgIpc) is 2.80. The number of halogens is 3. The molecule has 0 saturated heterocycles. The Kier molecular flexibility index (Phi) is 2.67. The van der Waals surface area contributed by atoms with Crippen molar-refractivity contribution in [1.29, 1.82) is 0 Å². The van der Waals surface area contributed by atoms with E-state index >= 15 is 0 Å². The van der Waals surface area contributed by atoms with Crippen LogP contribution in [0.4, 0.5) is 13.2 Å². The second-order valence-electron chi connectivity index (χ2n) is 4.34. The highest BCUT2D eigenvalue weighted by molar-refractivity contribution is 5.80. The SMILES string of the molecule is [O]c1ccc2[nH]c(-c3ccc(C(F)(F)F)cc3)nc2c1. The third kappa shape index (κ3) is 2.20. The molecule has 3 aromatic rings. The van der Waals surface area contributed by atoms with Crippen LogP contribution in [0.25, 0.3) is 22.4 Å². The summed E-state index contributed by atoms with van der Waals surface area (Å²) >= 11 is 0. The van der Waals surface area contributed by atoms with Gasteiger partial charge in [0.25, 0.3) is 0 Å². The summed E-state index contributed by atoms with van der Waals surface area (Å²) in [6.45, 7) is 0. The minimum atomic E-state index is -4.36. The molecule has 0 saturated carbocycles. The van der Waals surface area contributed by atoms with Gasteiger partial charge in [-0.3, -0.25) is 5.11 Å². The third-order valence-corrected chi connectivity index (χ3v) is 2.94. The maximum Gasteiger partial charge on any atom is 0.416 e. The molecule has 20 heavy (non-hydrogen) atoms. The van der Waals surface area contributed by atoms with Gasteiger partial charge in [-0.15, -0.1) is 0 Å². The summed E-state index contributed by atoms with van der Waals surface area (Å²) in [4.78, 5) is 7.16. The van der Waals surface area contributed by atoms with E-state index < -0.39 is 11.7 Å². The van der Waals surface area contributed by atoms with Gasteiger partial charge < -0.3 is 4.98 Å². The molecule has 1 aromatic heterocycles. The van der Waals surface area contributed by atoms with Gasteiger partial charge in [0, 0.05) is 11.6 Å². The molecule has 0 amide bonds. The molecular formula is C14H8F3N2O. The van der Waals surface area contributed by atoms with Crippen molar-refractivity contribution in [3.63, 3.8) is 0 Å². The van der Waals surface area contributed by atoms with Gasteiger partial charge in [0.2, 0.25) is 0 Å². The lowest BCUT2D eigenvalue weighted by Gasteiger charge is -2.06. The van der Waals surface area contributed by atoms with Gasteiger partial charge in [0.05, 0.1) is 16.6 Å². The molecule has 2 aromatic carbocycles. The summed E-state index contributed by atoms with van der Waals surface area (Å²) < 4.78 is 37.4. The summed E-state index contributed by atoms with van der Waals surface area (Å²) in [5.41, 5.74) is 0.979. The van der Waals surface area contributed by atoms with Crippen molar-refractivity contribution in [2.45, 2.75) is 6.18 Å². The van der Waals surface area contributed by atoms with Gasteiger partial charge in [-0.05, 0) is 24.3 Å². The molecule has 1 radical (unpaired) electrons. The summed E-state index contributed by atoms with van der Waals surface area (Å²) in [6, 6.07) is 9.06. The lowest BCUT2D eigenvalue weighted by atomic mass is 10.1. The monoisotopic (exact) mass is 277 g/mol. The van der Waals surface area contributed by atoms with Crippen LogP contribution < -0.4 is 0 Å². The number of alkyl halides is 3. The van der Waals surface area contributed by atoms with E-state index in [1.165, 1.54) is 24.3 Å². The number of nitrogens with zero attached hydrogens (tertiary/aromatic N) is 1. The molecule has 0 unspecified atom stereocenters. The Labute approximate surface area is 111 Å². The maximum absolute atomic E-state index is 12.5. The van der Waals surface area contributed by atoms with Crippen molar-refractivity contribution in [2.24, 2.45) is 0 Å². The van der Waals surface area contributed by atoms with Crippen molar-refractivity contribution in [3.05, 3.63) is 48.0 Å². The Morgan fingerprint density at radius 3 is 2.35 bits per heavy atom. The number of benzene rings is 2. The third-order valence-electron chi connectivity index (χ3n) is 2.94. The number of imidazole rings is 1. The van der Waals surface area contributed by atoms with Crippen molar-refractivity contribution >= 4 is 11.0 Å². The lowest BCUT2D eigenvalue weighted by Crippen LogP contribution is -2.04. The van der Waals surface area contributed by atoms with Crippen LogP contribution in [0.1, 0.15) is 5.56 Å². The van der Waals surface area contributed by atoms with Gasteiger partial charge in [-0.2, -0.15) is 13.2 Å². The number of aromatic amines is 1. The van der Waals surface area contributed by atoms with E-state index in [4.69, 9.17) is 0 Å². The van der Waals surface area contributed by atoms with Gasteiger partial charge in [-0.25, -0.2) is 4.98 Å². The lowest BCUT2D eigenvalue weighted by molar-refractivity contribution is -0.137. The van der Waals surface area contributed by atoms with E-state index in [-0.39, 0.29) is 5.75 Å².